The molecule has 1 saturated heterocycles. The Labute approximate surface area is 131 Å². The van der Waals surface area contributed by atoms with Crippen LogP contribution in [0.1, 0.15) is 16.1 Å². The lowest BCUT2D eigenvalue weighted by atomic mass is 10.1. The molecule has 3 rings (SSSR count). The van der Waals surface area contributed by atoms with E-state index in [1.165, 1.54) is 17.4 Å². The lowest BCUT2D eigenvalue weighted by Crippen LogP contribution is -2.31. The van der Waals surface area contributed by atoms with Crippen molar-refractivity contribution >= 4 is 23.2 Å². The SMILES string of the molecule is NC(=O)[C@H]1CCN(C(=O)c2ccc(-c3ccccc3F)s2)C1. The van der Waals surface area contributed by atoms with E-state index in [0.717, 1.165) is 0 Å². The molecule has 0 unspecified atom stereocenters. The van der Waals surface area contributed by atoms with Gasteiger partial charge in [-0.15, -0.1) is 11.3 Å². The van der Waals surface area contributed by atoms with Crippen LogP contribution in [0.3, 0.4) is 0 Å². The lowest BCUT2D eigenvalue weighted by Gasteiger charge is -2.14. The number of carbonyl (C=O) groups excluding carboxylic acids is 2. The first-order valence-electron chi connectivity index (χ1n) is 6.99. The Balaban J connectivity index is 1.78. The molecule has 114 valence electrons. The molecule has 2 amide bonds. The van der Waals surface area contributed by atoms with Gasteiger partial charge in [-0.05, 0) is 24.6 Å². The molecule has 6 heteroatoms. The predicted molar refractivity (Wildman–Crippen MR) is 82.9 cm³/mol. The first-order valence-corrected chi connectivity index (χ1v) is 7.81. The van der Waals surface area contributed by atoms with Crippen LogP contribution in [0.2, 0.25) is 0 Å². The molecule has 4 nitrogen and oxygen atoms in total. The van der Waals surface area contributed by atoms with E-state index in [1.54, 1.807) is 35.2 Å². The molecular formula is C16H15FN2O2S. The summed E-state index contributed by atoms with van der Waals surface area (Å²) >= 11 is 1.26. The molecular weight excluding hydrogens is 303 g/mol. The zero-order valence-electron chi connectivity index (χ0n) is 11.8. The van der Waals surface area contributed by atoms with Crippen molar-refractivity contribution in [2.45, 2.75) is 6.42 Å². The van der Waals surface area contributed by atoms with Gasteiger partial charge in [0.2, 0.25) is 5.91 Å². The summed E-state index contributed by atoms with van der Waals surface area (Å²) in [6, 6.07) is 9.93. The minimum atomic E-state index is -0.367. The smallest absolute Gasteiger partial charge is 0.263 e. The Morgan fingerprint density at radius 2 is 2.00 bits per heavy atom. The highest BCUT2D eigenvalue weighted by Crippen LogP contribution is 2.31. The zero-order valence-corrected chi connectivity index (χ0v) is 12.6. The van der Waals surface area contributed by atoms with Gasteiger partial charge < -0.3 is 10.6 Å². The number of nitrogens with two attached hydrogens (primary N) is 1. The molecule has 1 aromatic heterocycles. The van der Waals surface area contributed by atoms with E-state index in [1.807, 2.05) is 0 Å². The highest BCUT2D eigenvalue weighted by molar-refractivity contribution is 7.17. The van der Waals surface area contributed by atoms with Crippen LogP contribution in [0.4, 0.5) is 4.39 Å². The fourth-order valence-corrected chi connectivity index (χ4v) is 3.59. The van der Waals surface area contributed by atoms with Crippen LogP contribution in [-0.4, -0.2) is 29.8 Å². The third-order valence-electron chi connectivity index (χ3n) is 3.83. The second-order valence-electron chi connectivity index (χ2n) is 5.28. The van der Waals surface area contributed by atoms with Crippen molar-refractivity contribution in [1.29, 1.82) is 0 Å². The lowest BCUT2D eigenvalue weighted by molar-refractivity contribution is -0.121. The Morgan fingerprint density at radius 3 is 2.68 bits per heavy atom. The van der Waals surface area contributed by atoms with Gasteiger partial charge in [-0.25, -0.2) is 4.39 Å². The molecule has 1 aliphatic rings. The third-order valence-corrected chi connectivity index (χ3v) is 4.94. The van der Waals surface area contributed by atoms with Crippen LogP contribution in [0.25, 0.3) is 10.4 Å². The molecule has 0 saturated carbocycles. The van der Waals surface area contributed by atoms with Crippen LogP contribution in [0.15, 0.2) is 36.4 Å². The number of rotatable bonds is 3. The quantitative estimate of drug-likeness (QED) is 0.945. The van der Waals surface area contributed by atoms with Crippen LogP contribution in [0, 0.1) is 11.7 Å². The van der Waals surface area contributed by atoms with E-state index in [-0.39, 0.29) is 23.5 Å². The van der Waals surface area contributed by atoms with Crippen molar-refractivity contribution in [3.63, 3.8) is 0 Å². The molecule has 2 heterocycles. The number of thiophene rings is 1. The van der Waals surface area contributed by atoms with Crippen LogP contribution in [0.5, 0.6) is 0 Å². The number of benzene rings is 1. The first kappa shape index (κ1) is 14.7. The largest absolute Gasteiger partial charge is 0.369 e. The maximum absolute atomic E-state index is 13.8. The molecule has 1 aromatic carbocycles. The summed E-state index contributed by atoms with van der Waals surface area (Å²) in [5.41, 5.74) is 5.77. The molecule has 1 aliphatic heterocycles. The molecule has 0 bridgehead atoms. The van der Waals surface area contributed by atoms with Gasteiger partial charge in [-0.1, -0.05) is 18.2 Å². The Hall–Kier alpha value is -2.21. The standard InChI is InChI=1S/C16H15FN2O2S/c17-12-4-2-1-3-11(12)13-5-6-14(22-13)16(21)19-8-7-10(9-19)15(18)20/h1-6,10H,7-9H2,(H2,18,20)/t10-/m0/s1. The molecule has 1 fully saturated rings. The van der Waals surface area contributed by atoms with Crippen molar-refractivity contribution in [3.05, 3.63) is 47.1 Å². The minimum absolute atomic E-state index is 0.128. The normalized spacial score (nSPS) is 17.7. The molecule has 2 N–H and O–H groups in total. The van der Waals surface area contributed by atoms with E-state index in [9.17, 15) is 14.0 Å². The van der Waals surface area contributed by atoms with Gasteiger partial charge in [-0.3, -0.25) is 9.59 Å². The average molecular weight is 318 g/mol. The number of primary amides is 1. The van der Waals surface area contributed by atoms with Crippen LogP contribution < -0.4 is 5.73 Å². The van der Waals surface area contributed by atoms with Gasteiger partial charge in [0.15, 0.2) is 0 Å². The molecule has 1 atom stereocenters. The average Bonchev–Trinajstić information content (AvgIpc) is 3.17. The van der Waals surface area contributed by atoms with Crippen molar-refractivity contribution in [1.82, 2.24) is 4.90 Å². The van der Waals surface area contributed by atoms with E-state index in [4.69, 9.17) is 5.73 Å². The maximum Gasteiger partial charge on any atom is 0.263 e. The monoisotopic (exact) mass is 318 g/mol. The summed E-state index contributed by atoms with van der Waals surface area (Å²) < 4.78 is 13.8. The third kappa shape index (κ3) is 2.74. The first-order chi connectivity index (χ1) is 10.6. The van der Waals surface area contributed by atoms with E-state index in [2.05, 4.69) is 0 Å². The molecule has 0 spiro atoms. The van der Waals surface area contributed by atoms with E-state index >= 15 is 0 Å². The number of hydrogen-bond donors (Lipinski definition) is 1. The number of nitrogens with zero attached hydrogens (tertiary/aromatic N) is 1. The zero-order chi connectivity index (χ0) is 15.7. The highest BCUT2D eigenvalue weighted by Gasteiger charge is 2.30. The summed E-state index contributed by atoms with van der Waals surface area (Å²) in [6.45, 7) is 0.889. The molecule has 2 aromatic rings. The van der Waals surface area contributed by atoms with Gasteiger partial charge in [0, 0.05) is 23.5 Å². The van der Waals surface area contributed by atoms with Crippen molar-refractivity contribution in [2.24, 2.45) is 11.7 Å². The fraction of sp³-hybridized carbons (Fsp3) is 0.250. The number of halogens is 1. The summed E-state index contributed by atoms with van der Waals surface area (Å²) in [4.78, 5) is 26.5. The van der Waals surface area contributed by atoms with E-state index in [0.29, 0.717) is 34.8 Å². The van der Waals surface area contributed by atoms with Gasteiger partial charge in [0.1, 0.15) is 5.82 Å². The molecule has 0 aliphatic carbocycles. The van der Waals surface area contributed by atoms with Gasteiger partial charge in [0.25, 0.3) is 5.91 Å². The second kappa shape index (κ2) is 5.88. The summed E-state index contributed by atoms with van der Waals surface area (Å²) in [5, 5.41) is 0. The number of carbonyl (C=O) groups is 2. The maximum atomic E-state index is 13.8. The Morgan fingerprint density at radius 1 is 1.23 bits per heavy atom. The number of amides is 2. The second-order valence-corrected chi connectivity index (χ2v) is 6.37. The van der Waals surface area contributed by atoms with E-state index < -0.39 is 0 Å². The van der Waals surface area contributed by atoms with Crippen molar-refractivity contribution in [3.8, 4) is 10.4 Å². The molecule has 22 heavy (non-hydrogen) atoms. The van der Waals surface area contributed by atoms with Crippen LogP contribution >= 0.6 is 11.3 Å². The van der Waals surface area contributed by atoms with Gasteiger partial charge >= 0.3 is 0 Å². The number of likely N-dealkylation sites (tertiary alicyclic amines) is 1. The van der Waals surface area contributed by atoms with Crippen molar-refractivity contribution < 1.29 is 14.0 Å². The Kier molecular flexibility index (Phi) is 3.94. The summed E-state index contributed by atoms with van der Waals surface area (Å²) in [6.07, 6.45) is 0.604. The summed E-state index contributed by atoms with van der Waals surface area (Å²) in [7, 11) is 0. The Bertz CT molecular complexity index is 728. The highest BCUT2D eigenvalue weighted by atomic mass is 32.1. The number of hydrogen-bond acceptors (Lipinski definition) is 3. The minimum Gasteiger partial charge on any atom is -0.369 e. The van der Waals surface area contributed by atoms with Gasteiger partial charge in [-0.2, -0.15) is 0 Å². The topological polar surface area (TPSA) is 63.4 Å². The molecule has 0 radical (unpaired) electrons. The van der Waals surface area contributed by atoms with Gasteiger partial charge in [0.05, 0.1) is 10.8 Å². The predicted octanol–water partition coefficient (Wildman–Crippen LogP) is 2.50. The summed E-state index contributed by atoms with van der Waals surface area (Å²) in [5.74, 6) is -1.07. The fourth-order valence-electron chi connectivity index (χ4n) is 2.59. The van der Waals surface area contributed by atoms with Crippen LogP contribution in [-0.2, 0) is 4.79 Å². The van der Waals surface area contributed by atoms with Crippen molar-refractivity contribution in [2.75, 3.05) is 13.1 Å².